The maximum atomic E-state index is 8.74. The largest absolute Gasteiger partial charge is 0.394 e. The van der Waals surface area contributed by atoms with Crippen LogP contribution in [0.3, 0.4) is 0 Å². The minimum absolute atomic E-state index is 0.0344. The molecule has 13 nitrogen and oxygen atoms in total. The molecule has 34 heavy (non-hydrogen) atoms. The Balaban J connectivity index is 0. The minimum Gasteiger partial charge on any atom is -0.394 e. The second-order valence-electron chi connectivity index (χ2n) is 6.93. The molecule has 208 valence electrons. The first-order chi connectivity index (χ1) is 16.3. The van der Waals surface area contributed by atoms with E-state index in [0.717, 1.165) is 6.61 Å². The van der Waals surface area contributed by atoms with Gasteiger partial charge in [0.05, 0.1) is 106 Å². The number of aliphatic hydroxyl groups excluding tert-OH is 1. The van der Waals surface area contributed by atoms with Crippen LogP contribution in [0.25, 0.3) is 0 Å². The zero-order valence-corrected chi connectivity index (χ0v) is 21.2. The molecule has 0 spiro atoms. The molecule has 0 radical (unpaired) electrons. The summed E-state index contributed by atoms with van der Waals surface area (Å²) in [5, 5.41) is 8.53. The monoisotopic (exact) mass is 524 g/mol. The number of aliphatic hydroxyl groups is 1. The second-order valence-corrected chi connectivity index (χ2v) is 7.82. The van der Waals surface area contributed by atoms with Crippen molar-refractivity contribution in [2.24, 2.45) is 5.92 Å². The number of hydrogen-bond acceptors (Lipinski definition) is 11. The normalized spacial score (nSPS) is 11.6. The van der Waals surface area contributed by atoms with Crippen molar-refractivity contribution in [3.63, 3.8) is 0 Å². The molecule has 0 aliphatic carbocycles. The van der Waals surface area contributed by atoms with Gasteiger partial charge in [-0.1, -0.05) is 13.8 Å². The molecule has 0 aliphatic heterocycles. The predicted molar refractivity (Wildman–Crippen MR) is 123 cm³/mol. The van der Waals surface area contributed by atoms with E-state index in [1.54, 1.807) is 0 Å². The number of hydrogen-bond donors (Lipinski definition) is 3. The Morgan fingerprint density at radius 2 is 0.706 bits per heavy atom. The molecule has 0 amide bonds. The molecule has 0 unspecified atom stereocenters. The van der Waals surface area contributed by atoms with Gasteiger partial charge in [-0.2, -0.15) is 8.42 Å². The molecule has 0 rings (SSSR count). The quantitative estimate of drug-likeness (QED) is 0.109. The minimum atomic E-state index is -4.67. The van der Waals surface area contributed by atoms with Crippen LogP contribution >= 0.6 is 0 Å². The zero-order valence-electron chi connectivity index (χ0n) is 20.4. The topological polar surface area (TPSA) is 169 Å². The Labute approximate surface area is 203 Å². The van der Waals surface area contributed by atoms with E-state index in [2.05, 4.69) is 13.8 Å². The van der Waals surface area contributed by atoms with Crippen LogP contribution in [0.2, 0.25) is 0 Å². The Bertz CT molecular complexity index is 469. The Morgan fingerprint density at radius 1 is 0.500 bits per heavy atom. The van der Waals surface area contributed by atoms with Crippen molar-refractivity contribution in [2.45, 2.75) is 13.8 Å². The fourth-order valence-electron chi connectivity index (χ4n) is 1.92. The van der Waals surface area contributed by atoms with Crippen molar-refractivity contribution < 1.29 is 60.5 Å². The molecule has 0 aliphatic rings. The first-order valence-electron chi connectivity index (χ1n) is 11.2. The van der Waals surface area contributed by atoms with Crippen LogP contribution in [0.15, 0.2) is 0 Å². The first kappa shape index (κ1) is 35.7. The maximum absolute atomic E-state index is 8.74. The van der Waals surface area contributed by atoms with Gasteiger partial charge in [0.15, 0.2) is 0 Å². The lowest BCUT2D eigenvalue weighted by Crippen LogP contribution is -2.15. The van der Waals surface area contributed by atoms with Gasteiger partial charge in [0, 0.05) is 6.61 Å². The van der Waals surface area contributed by atoms with Crippen LogP contribution in [0.4, 0.5) is 0 Å². The zero-order chi connectivity index (χ0) is 25.8. The van der Waals surface area contributed by atoms with Gasteiger partial charge < -0.3 is 43.0 Å². The summed E-state index contributed by atoms with van der Waals surface area (Å²) in [7, 11) is -4.67. The van der Waals surface area contributed by atoms with Crippen molar-refractivity contribution in [1.29, 1.82) is 0 Å². The van der Waals surface area contributed by atoms with E-state index in [9.17, 15) is 0 Å². The van der Waals surface area contributed by atoms with Crippen LogP contribution in [-0.2, 0) is 48.3 Å². The molecule has 0 saturated carbocycles. The summed E-state index contributed by atoms with van der Waals surface area (Å²) in [6.07, 6.45) is 0. The molecule has 0 saturated heterocycles. The van der Waals surface area contributed by atoms with Crippen LogP contribution in [0.1, 0.15) is 13.8 Å². The van der Waals surface area contributed by atoms with Gasteiger partial charge >= 0.3 is 10.4 Å². The van der Waals surface area contributed by atoms with E-state index in [4.69, 9.17) is 60.5 Å². The fourth-order valence-corrected chi connectivity index (χ4v) is 1.92. The summed E-state index contributed by atoms with van der Waals surface area (Å²) in [4.78, 5) is 0. The third kappa shape index (κ3) is 45.1. The van der Waals surface area contributed by atoms with Crippen LogP contribution in [0.5, 0.6) is 0 Å². The van der Waals surface area contributed by atoms with Gasteiger partial charge in [0.1, 0.15) is 0 Å². The van der Waals surface area contributed by atoms with E-state index < -0.39 is 10.4 Å². The van der Waals surface area contributed by atoms with Crippen molar-refractivity contribution >= 4 is 10.4 Å². The van der Waals surface area contributed by atoms with Crippen molar-refractivity contribution in [3.8, 4) is 0 Å². The smallest absolute Gasteiger partial charge is 0.394 e. The summed E-state index contributed by atoms with van der Waals surface area (Å²) in [6, 6.07) is 0. The third-order valence-corrected chi connectivity index (χ3v) is 3.29. The van der Waals surface area contributed by atoms with Gasteiger partial charge in [0.25, 0.3) is 0 Å². The molecule has 0 atom stereocenters. The third-order valence-electron chi connectivity index (χ3n) is 3.29. The van der Waals surface area contributed by atoms with E-state index in [1.807, 2.05) is 0 Å². The molecule has 0 aromatic rings. The standard InChI is InChI=1S/C20H42O9.H2O4S/c1-20(2)19-29-18-17-28-16-15-27-14-13-26-12-11-25-10-9-24-8-7-23-6-5-22-4-3-21;1-5(2,3)4/h20-21H,3-19H2,1-2H3;(H2,1,2,3,4). The Morgan fingerprint density at radius 3 is 0.912 bits per heavy atom. The number of ether oxygens (including phenoxy) is 8. The Kier molecular flexibility index (Phi) is 30.2. The maximum Gasteiger partial charge on any atom is 0.394 e. The average molecular weight is 525 g/mol. The highest BCUT2D eigenvalue weighted by Crippen LogP contribution is 1.92. The van der Waals surface area contributed by atoms with E-state index in [1.165, 1.54) is 0 Å². The molecule has 0 heterocycles. The molecule has 0 aromatic heterocycles. The Hall–Kier alpha value is -0.490. The van der Waals surface area contributed by atoms with Crippen molar-refractivity contribution in [1.82, 2.24) is 0 Å². The van der Waals surface area contributed by atoms with E-state index >= 15 is 0 Å². The van der Waals surface area contributed by atoms with Crippen molar-refractivity contribution in [3.05, 3.63) is 0 Å². The van der Waals surface area contributed by atoms with Crippen LogP contribution in [-0.4, -0.2) is 135 Å². The second kappa shape index (κ2) is 28.7. The summed E-state index contributed by atoms with van der Waals surface area (Å²) in [6.45, 7) is 13.0. The highest BCUT2D eigenvalue weighted by Gasteiger charge is 1.96. The molecule has 14 heteroatoms. The van der Waals surface area contributed by atoms with Gasteiger partial charge in [0.2, 0.25) is 0 Å². The number of rotatable bonds is 25. The molecule has 0 bridgehead atoms. The molecular formula is C20H44O13S. The van der Waals surface area contributed by atoms with Gasteiger partial charge in [-0.25, -0.2) is 0 Å². The molecule has 0 aromatic carbocycles. The molecular weight excluding hydrogens is 480 g/mol. The lowest BCUT2D eigenvalue weighted by atomic mass is 10.2. The van der Waals surface area contributed by atoms with Gasteiger partial charge in [-0.05, 0) is 5.92 Å². The SMILES string of the molecule is CC(C)COCCOCCOCCOCCOCCOCCOCCOCCO.O=S(=O)(O)O. The highest BCUT2D eigenvalue weighted by atomic mass is 32.3. The molecule has 3 N–H and O–H groups in total. The highest BCUT2D eigenvalue weighted by molar-refractivity contribution is 7.79. The summed E-state index contributed by atoms with van der Waals surface area (Å²) < 4.78 is 74.4. The predicted octanol–water partition coefficient (Wildman–Crippen LogP) is 0.115. The average Bonchev–Trinajstić information content (AvgIpc) is 2.75. The first-order valence-corrected chi connectivity index (χ1v) is 12.6. The lowest BCUT2D eigenvalue weighted by Gasteiger charge is -2.09. The van der Waals surface area contributed by atoms with Gasteiger partial charge in [-0.3, -0.25) is 9.11 Å². The summed E-state index contributed by atoms with van der Waals surface area (Å²) >= 11 is 0. The van der Waals surface area contributed by atoms with E-state index in [-0.39, 0.29) is 6.61 Å². The van der Waals surface area contributed by atoms with Crippen molar-refractivity contribution in [2.75, 3.05) is 112 Å². The summed E-state index contributed by atoms with van der Waals surface area (Å²) in [5.41, 5.74) is 0. The molecule has 0 fully saturated rings. The lowest BCUT2D eigenvalue weighted by molar-refractivity contribution is -0.0243. The van der Waals surface area contributed by atoms with Gasteiger partial charge in [-0.15, -0.1) is 0 Å². The van der Waals surface area contributed by atoms with E-state index in [0.29, 0.717) is 105 Å². The summed E-state index contributed by atoms with van der Waals surface area (Å²) in [5.74, 6) is 0.553. The fraction of sp³-hybridized carbons (Fsp3) is 1.00. The van der Waals surface area contributed by atoms with Crippen LogP contribution in [0, 0.1) is 5.92 Å². The van der Waals surface area contributed by atoms with Crippen LogP contribution < -0.4 is 0 Å².